The lowest BCUT2D eigenvalue weighted by Crippen LogP contribution is -2.25. The summed E-state index contributed by atoms with van der Waals surface area (Å²) in [5, 5.41) is 10.5. The first-order chi connectivity index (χ1) is 8.63. The summed E-state index contributed by atoms with van der Waals surface area (Å²) in [6.45, 7) is 0. The molecule has 0 atom stereocenters. The summed E-state index contributed by atoms with van der Waals surface area (Å²) in [7, 11) is 1.68. The lowest BCUT2D eigenvalue weighted by atomic mass is 10.2. The smallest absolute Gasteiger partial charge is 0.270 e. The fraction of sp³-hybridized carbons (Fsp3) is 0.0769. The number of nitrogen functional groups attached to an aromatic ring is 1. The second-order valence-corrected chi connectivity index (χ2v) is 4.64. The Morgan fingerprint density at radius 2 is 2.00 bits per heavy atom. The Labute approximate surface area is 109 Å². The van der Waals surface area contributed by atoms with Crippen molar-refractivity contribution in [3.63, 3.8) is 0 Å². The maximum absolute atomic E-state index is 12.2. The summed E-state index contributed by atoms with van der Waals surface area (Å²) in [5.74, 6) is -0.146. The number of amides is 1. The van der Waals surface area contributed by atoms with E-state index in [1.165, 1.54) is 16.2 Å². The molecule has 0 saturated carbocycles. The number of rotatable bonds is 2. The van der Waals surface area contributed by atoms with E-state index < -0.39 is 0 Å². The Morgan fingerprint density at radius 1 is 1.33 bits per heavy atom. The number of carbonyl (C=O) groups excluding carboxylic acids is 1. The van der Waals surface area contributed by atoms with Gasteiger partial charge >= 0.3 is 0 Å². The van der Waals surface area contributed by atoms with Crippen molar-refractivity contribution in [2.45, 2.75) is 0 Å². The van der Waals surface area contributed by atoms with E-state index in [4.69, 9.17) is 11.0 Å². The number of nitrogens with two attached hydrogens (primary N) is 1. The molecule has 2 rings (SSSR count). The first-order valence-electron chi connectivity index (χ1n) is 5.24. The van der Waals surface area contributed by atoms with Gasteiger partial charge < -0.3 is 10.6 Å². The molecule has 90 valence electrons. The summed E-state index contributed by atoms with van der Waals surface area (Å²) < 4.78 is 0. The van der Waals surface area contributed by atoms with E-state index in [9.17, 15) is 4.79 Å². The van der Waals surface area contributed by atoms with Crippen LogP contribution in [-0.4, -0.2) is 13.0 Å². The van der Waals surface area contributed by atoms with Crippen molar-refractivity contribution in [3.8, 4) is 6.07 Å². The van der Waals surface area contributed by atoms with Crippen molar-refractivity contribution >= 4 is 28.6 Å². The monoisotopic (exact) mass is 257 g/mol. The van der Waals surface area contributed by atoms with Gasteiger partial charge in [-0.15, -0.1) is 11.3 Å². The van der Waals surface area contributed by atoms with Crippen molar-refractivity contribution in [1.82, 2.24) is 0 Å². The SMILES string of the molecule is CN(C(=O)c1sccc1N)c1ccc(C#N)cc1. The summed E-state index contributed by atoms with van der Waals surface area (Å²) in [6, 6.07) is 10.6. The molecule has 0 fully saturated rings. The van der Waals surface area contributed by atoms with Crippen LogP contribution in [0.5, 0.6) is 0 Å². The molecule has 0 bridgehead atoms. The maximum Gasteiger partial charge on any atom is 0.270 e. The van der Waals surface area contributed by atoms with Crippen LogP contribution in [0.25, 0.3) is 0 Å². The van der Waals surface area contributed by atoms with Gasteiger partial charge in [0.25, 0.3) is 5.91 Å². The molecule has 18 heavy (non-hydrogen) atoms. The fourth-order valence-electron chi connectivity index (χ4n) is 1.52. The van der Waals surface area contributed by atoms with E-state index in [-0.39, 0.29) is 5.91 Å². The lowest BCUT2D eigenvalue weighted by molar-refractivity contribution is 0.0997. The zero-order valence-corrected chi connectivity index (χ0v) is 10.6. The van der Waals surface area contributed by atoms with Crippen molar-refractivity contribution < 1.29 is 4.79 Å². The molecule has 4 nitrogen and oxygen atoms in total. The zero-order chi connectivity index (χ0) is 13.1. The highest BCUT2D eigenvalue weighted by Gasteiger charge is 2.17. The number of hydrogen-bond donors (Lipinski definition) is 1. The molecular formula is C13H11N3OS. The summed E-state index contributed by atoms with van der Waals surface area (Å²) in [4.78, 5) is 14.2. The highest BCUT2D eigenvalue weighted by Crippen LogP contribution is 2.23. The van der Waals surface area contributed by atoms with Crippen LogP contribution in [0, 0.1) is 11.3 Å². The highest BCUT2D eigenvalue weighted by molar-refractivity contribution is 7.12. The van der Waals surface area contributed by atoms with Gasteiger partial charge in [-0.05, 0) is 35.7 Å². The van der Waals surface area contributed by atoms with E-state index in [2.05, 4.69) is 0 Å². The summed E-state index contributed by atoms with van der Waals surface area (Å²) >= 11 is 1.32. The number of anilines is 2. The van der Waals surface area contributed by atoms with Gasteiger partial charge in [0.1, 0.15) is 4.88 Å². The molecule has 2 aromatic rings. The Bertz CT molecular complexity index is 610. The van der Waals surface area contributed by atoms with E-state index in [1.54, 1.807) is 42.8 Å². The van der Waals surface area contributed by atoms with Crippen LogP contribution in [0.2, 0.25) is 0 Å². The van der Waals surface area contributed by atoms with Gasteiger partial charge in [0.05, 0.1) is 17.3 Å². The van der Waals surface area contributed by atoms with Gasteiger partial charge in [0.2, 0.25) is 0 Å². The van der Waals surface area contributed by atoms with E-state index in [0.717, 1.165) is 5.69 Å². The van der Waals surface area contributed by atoms with E-state index in [0.29, 0.717) is 16.1 Å². The molecular weight excluding hydrogens is 246 g/mol. The molecule has 0 aliphatic carbocycles. The predicted octanol–water partition coefficient (Wildman–Crippen LogP) is 2.48. The average molecular weight is 257 g/mol. The van der Waals surface area contributed by atoms with Gasteiger partial charge in [-0.25, -0.2) is 0 Å². The largest absolute Gasteiger partial charge is 0.397 e. The summed E-state index contributed by atoms with van der Waals surface area (Å²) in [6.07, 6.45) is 0. The Balaban J connectivity index is 2.26. The van der Waals surface area contributed by atoms with Crippen molar-refractivity contribution in [1.29, 1.82) is 5.26 Å². The van der Waals surface area contributed by atoms with Gasteiger partial charge in [-0.2, -0.15) is 5.26 Å². The van der Waals surface area contributed by atoms with Crippen molar-refractivity contribution in [3.05, 3.63) is 46.2 Å². The minimum atomic E-state index is -0.146. The van der Waals surface area contributed by atoms with Gasteiger partial charge in [0, 0.05) is 12.7 Å². The third-order valence-corrected chi connectivity index (χ3v) is 3.50. The van der Waals surface area contributed by atoms with E-state index in [1.807, 2.05) is 6.07 Å². The fourth-order valence-corrected chi connectivity index (χ4v) is 2.31. The number of nitrogens with zero attached hydrogens (tertiary/aromatic N) is 2. The molecule has 0 aliphatic rings. The Kier molecular flexibility index (Phi) is 3.31. The normalized spacial score (nSPS) is 9.78. The maximum atomic E-state index is 12.2. The standard InChI is InChI=1S/C13H11N3OS/c1-16(10-4-2-9(8-14)3-5-10)13(17)12-11(15)6-7-18-12/h2-7H,15H2,1H3. The van der Waals surface area contributed by atoms with Crippen LogP contribution in [0.15, 0.2) is 35.7 Å². The van der Waals surface area contributed by atoms with Crippen LogP contribution in [0.4, 0.5) is 11.4 Å². The number of thiophene rings is 1. The zero-order valence-electron chi connectivity index (χ0n) is 9.75. The second kappa shape index (κ2) is 4.90. The molecule has 1 aromatic carbocycles. The minimum absolute atomic E-state index is 0.146. The molecule has 5 heteroatoms. The first kappa shape index (κ1) is 12.1. The third-order valence-electron chi connectivity index (χ3n) is 2.58. The molecule has 2 N–H and O–H groups in total. The lowest BCUT2D eigenvalue weighted by Gasteiger charge is -2.16. The Morgan fingerprint density at radius 3 is 2.50 bits per heavy atom. The van der Waals surface area contributed by atoms with Gasteiger partial charge in [0.15, 0.2) is 0 Å². The average Bonchev–Trinajstić information content (AvgIpc) is 2.83. The quantitative estimate of drug-likeness (QED) is 0.898. The van der Waals surface area contributed by atoms with Crippen LogP contribution in [0.3, 0.4) is 0 Å². The van der Waals surface area contributed by atoms with Crippen LogP contribution < -0.4 is 10.6 Å². The third kappa shape index (κ3) is 2.19. The van der Waals surface area contributed by atoms with Crippen LogP contribution in [-0.2, 0) is 0 Å². The number of hydrogen-bond acceptors (Lipinski definition) is 4. The molecule has 0 unspecified atom stereocenters. The minimum Gasteiger partial charge on any atom is -0.397 e. The molecule has 1 amide bonds. The number of carbonyl (C=O) groups is 1. The molecule has 0 radical (unpaired) electrons. The number of benzene rings is 1. The molecule has 1 aromatic heterocycles. The van der Waals surface area contributed by atoms with Crippen molar-refractivity contribution in [2.75, 3.05) is 17.7 Å². The van der Waals surface area contributed by atoms with Gasteiger partial charge in [-0.3, -0.25) is 4.79 Å². The molecule has 0 aliphatic heterocycles. The molecule has 0 saturated heterocycles. The number of nitriles is 1. The Hall–Kier alpha value is -2.32. The van der Waals surface area contributed by atoms with Crippen LogP contribution in [0.1, 0.15) is 15.2 Å². The van der Waals surface area contributed by atoms with Crippen molar-refractivity contribution in [2.24, 2.45) is 0 Å². The predicted molar refractivity (Wildman–Crippen MR) is 72.6 cm³/mol. The highest BCUT2D eigenvalue weighted by atomic mass is 32.1. The first-order valence-corrected chi connectivity index (χ1v) is 6.12. The molecule has 1 heterocycles. The molecule has 0 spiro atoms. The topological polar surface area (TPSA) is 70.1 Å². The van der Waals surface area contributed by atoms with E-state index >= 15 is 0 Å². The second-order valence-electron chi connectivity index (χ2n) is 3.73. The summed E-state index contributed by atoms with van der Waals surface area (Å²) in [5.41, 5.74) is 7.51. The van der Waals surface area contributed by atoms with Crippen LogP contribution >= 0.6 is 11.3 Å². The van der Waals surface area contributed by atoms with Gasteiger partial charge in [-0.1, -0.05) is 0 Å².